The number of aryl methyl sites for hydroxylation is 1. The van der Waals surface area contributed by atoms with E-state index in [1.165, 1.54) is 32.2 Å². The van der Waals surface area contributed by atoms with Crippen LogP contribution in [0.3, 0.4) is 0 Å². The summed E-state index contributed by atoms with van der Waals surface area (Å²) in [6, 6.07) is 9.77. The van der Waals surface area contributed by atoms with E-state index in [1.807, 2.05) is 0 Å². The molecule has 1 N–H and O–H groups in total. The molecule has 1 saturated heterocycles. The third-order valence-corrected chi connectivity index (χ3v) is 3.76. The number of benzene rings is 1. The van der Waals surface area contributed by atoms with Crippen LogP contribution in [0.25, 0.3) is 0 Å². The zero-order chi connectivity index (χ0) is 9.38. The zero-order valence-electron chi connectivity index (χ0n) is 8.91. The Labute approximate surface area is 97.7 Å². The van der Waals surface area contributed by atoms with Gasteiger partial charge in [0.2, 0.25) is 0 Å². The van der Waals surface area contributed by atoms with Crippen LogP contribution in [0.5, 0.6) is 0 Å². The summed E-state index contributed by atoms with van der Waals surface area (Å²) in [5.41, 5.74) is 3.22. The second-order valence-electron chi connectivity index (χ2n) is 4.55. The summed E-state index contributed by atoms with van der Waals surface area (Å²) in [6.45, 7) is 1.23. The molecule has 0 bridgehead atoms. The molecular weight excluding hydrogens is 206 g/mol. The molecule has 0 aromatic heterocycles. The molecule has 2 aliphatic rings. The smallest absolute Gasteiger partial charge is 0.0139 e. The number of hydrogen-bond acceptors (Lipinski definition) is 1. The van der Waals surface area contributed by atoms with Crippen molar-refractivity contribution >= 4 is 12.4 Å². The van der Waals surface area contributed by atoms with E-state index in [0.717, 1.165) is 12.0 Å². The predicted octanol–water partition coefficient (Wildman–Crippen LogP) is 2.89. The quantitative estimate of drug-likeness (QED) is 0.713. The van der Waals surface area contributed by atoms with Crippen molar-refractivity contribution in [2.45, 2.75) is 37.6 Å². The average molecular weight is 224 g/mol. The number of nitrogens with one attached hydrogen (secondary N) is 1. The van der Waals surface area contributed by atoms with Gasteiger partial charge in [-0.05, 0) is 49.3 Å². The van der Waals surface area contributed by atoms with Crippen LogP contribution < -0.4 is 5.32 Å². The van der Waals surface area contributed by atoms with E-state index in [9.17, 15) is 0 Å². The molecule has 15 heavy (non-hydrogen) atoms. The fraction of sp³-hybridized carbons (Fsp3) is 0.538. The van der Waals surface area contributed by atoms with Gasteiger partial charge < -0.3 is 5.32 Å². The predicted molar refractivity (Wildman–Crippen MR) is 65.8 cm³/mol. The first-order valence-electron chi connectivity index (χ1n) is 5.76. The fourth-order valence-electron chi connectivity index (χ4n) is 3.06. The van der Waals surface area contributed by atoms with Crippen molar-refractivity contribution in [3.8, 4) is 0 Å². The van der Waals surface area contributed by atoms with Gasteiger partial charge in [0.15, 0.2) is 0 Å². The first-order chi connectivity index (χ1) is 6.95. The minimum atomic E-state index is 0. The van der Waals surface area contributed by atoms with Crippen molar-refractivity contribution in [3.63, 3.8) is 0 Å². The van der Waals surface area contributed by atoms with E-state index in [1.54, 1.807) is 11.1 Å². The molecule has 1 aromatic carbocycles. The lowest BCUT2D eigenvalue weighted by atomic mass is 9.75. The Balaban J connectivity index is 0.000000853. The fourth-order valence-corrected chi connectivity index (χ4v) is 3.06. The van der Waals surface area contributed by atoms with Crippen LogP contribution in [0, 0.1) is 0 Å². The minimum absolute atomic E-state index is 0. The average Bonchev–Trinajstić information content (AvgIpc) is 2.29. The number of halogens is 1. The van der Waals surface area contributed by atoms with Crippen molar-refractivity contribution < 1.29 is 0 Å². The van der Waals surface area contributed by atoms with Gasteiger partial charge in [0.25, 0.3) is 0 Å². The van der Waals surface area contributed by atoms with E-state index in [-0.39, 0.29) is 12.4 Å². The van der Waals surface area contributed by atoms with Gasteiger partial charge in [0.05, 0.1) is 0 Å². The van der Waals surface area contributed by atoms with Gasteiger partial charge >= 0.3 is 0 Å². The van der Waals surface area contributed by atoms with Crippen LogP contribution >= 0.6 is 12.4 Å². The highest BCUT2D eigenvalue weighted by Crippen LogP contribution is 2.36. The third kappa shape index (κ3) is 1.91. The van der Waals surface area contributed by atoms with Crippen LogP contribution in [-0.2, 0) is 6.42 Å². The molecule has 1 aliphatic heterocycles. The molecule has 3 rings (SSSR count). The number of hydrogen-bond donors (Lipinski definition) is 1. The molecule has 1 aromatic rings. The summed E-state index contributed by atoms with van der Waals surface area (Å²) in [6.07, 6.45) is 5.33. The standard InChI is InChI=1S/C13H17N.ClH/c1-2-5-11-10(4-1)7-8-13-12(11)6-3-9-14-13;/h1-2,4-5,12-14H,3,6-9H2;1H. The Hall–Kier alpha value is -0.530. The molecule has 2 unspecified atom stereocenters. The summed E-state index contributed by atoms with van der Waals surface area (Å²) in [5, 5.41) is 3.66. The highest BCUT2D eigenvalue weighted by molar-refractivity contribution is 5.85. The van der Waals surface area contributed by atoms with E-state index in [4.69, 9.17) is 0 Å². The van der Waals surface area contributed by atoms with Gasteiger partial charge in [-0.2, -0.15) is 0 Å². The number of fused-ring (bicyclic) bond motifs is 3. The van der Waals surface area contributed by atoms with Gasteiger partial charge in [0, 0.05) is 6.04 Å². The van der Waals surface area contributed by atoms with Gasteiger partial charge in [-0.3, -0.25) is 0 Å². The van der Waals surface area contributed by atoms with Crippen LogP contribution in [0.15, 0.2) is 24.3 Å². The van der Waals surface area contributed by atoms with Crippen molar-refractivity contribution in [1.82, 2.24) is 5.32 Å². The Morgan fingerprint density at radius 2 is 2.00 bits per heavy atom. The number of rotatable bonds is 0. The van der Waals surface area contributed by atoms with Crippen molar-refractivity contribution in [2.75, 3.05) is 6.54 Å². The molecule has 1 fully saturated rings. The Kier molecular flexibility index (Phi) is 3.32. The summed E-state index contributed by atoms with van der Waals surface area (Å²) < 4.78 is 0. The Morgan fingerprint density at radius 3 is 2.93 bits per heavy atom. The van der Waals surface area contributed by atoms with Gasteiger partial charge in [-0.25, -0.2) is 0 Å². The molecule has 0 radical (unpaired) electrons. The summed E-state index contributed by atoms with van der Waals surface area (Å²) in [5.74, 6) is 0.800. The van der Waals surface area contributed by atoms with Crippen molar-refractivity contribution in [2.24, 2.45) is 0 Å². The van der Waals surface area contributed by atoms with E-state index in [2.05, 4.69) is 29.6 Å². The SMILES string of the molecule is Cl.c1ccc2c(c1)CCC1NCCCC21. The van der Waals surface area contributed by atoms with E-state index >= 15 is 0 Å². The van der Waals surface area contributed by atoms with Gasteiger partial charge in [0.1, 0.15) is 0 Å². The maximum Gasteiger partial charge on any atom is 0.0139 e. The van der Waals surface area contributed by atoms with Crippen LogP contribution in [-0.4, -0.2) is 12.6 Å². The van der Waals surface area contributed by atoms with Crippen molar-refractivity contribution in [1.29, 1.82) is 0 Å². The maximum absolute atomic E-state index is 3.66. The molecule has 0 spiro atoms. The molecule has 82 valence electrons. The molecule has 2 heteroatoms. The third-order valence-electron chi connectivity index (χ3n) is 3.76. The highest BCUT2D eigenvalue weighted by Gasteiger charge is 2.30. The second kappa shape index (κ2) is 4.54. The minimum Gasteiger partial charge on any atom is -0.313 e. The summed E-state index contributed by atoms with van der Waals surface area (Å²) >= 11 is 0. The molecule has 0 saturated carbocycles. The molecule has 1 nitrogen and oxygen atoms in total. The maximum atomic E-state index is 3.66. The molecule has 1 aliphatic carbocycles. The molecule has 1 heterocycles. The lowest BCUT2D eigenvalue weighted by Crippen LogP contribution is -2.42. The lowest BCUT2D eigenvalue weighted by Gasteiger charge is -2.37. The van der Waals surface area contributed by atoms with Crippen LogP contribution in [0.4, 0.5) is 0 Å². The van der Waals surface area contributed by atoms with Gasteiger partial charge in [-0.15, -0.1) is 12.4 Å². The largest absolute Gasteiger partial charge is 0.313 e. The number of piperidine rings is 1. The topological polar surface area (TPSA) is 12.0 Å². The first-order valence-corrected chi connectivity index (χ1v) is 5.76. The first kappa shape index (κ1) is 11.0. The van der Waals surface area contributed by atoms with Crippen LogP contribution in [0.2, 0.25) is 0 Å². The molecule has 0 amide bonds. The zero-order valence-corrected chi connectivity index (χ0v) is 9.72. The lowest BCUT2D eigenvalue weighted by molar-refractivity contribution is 0.319. The summed E-state index contributed by atoms with van der Waals surface area (Å²) in [4.78, 5) is 0. The van der Waals surface area contributed by atoms with Gasteiger partial charge in [-0.1, -0.05) is 24.3 Å². The van der Waals surface area contributed by atoms with Crippen LogP contribution in [0.1, 0.15) is 36.3 Å². The second-order valence-corrected chi connectivity index (χ2v) is 4.55. The normalized spacial score (nSPS) is 28.5. The van der Waals surface area contributed by atoms with E-state index in [0.29, 0.717) is 0 Å². The molecular formula is C13H18ClN. The Morgan fingerprint density at radius 1 is 1.13 bits per heavy atom. The van der Waals surface area contributed by atoms with Crippen molar-refractivity contribution in [3.05, 3.63) is 35.4 Å². The summed E-state index contributed by atoms with van der Waals surface area (Å²) in [7, 11) is 0. The van der Waals surface area contributed by atoms with E-state index < -0.39 is 0 Å². The Bertz CT molecular complexity index is 337. The monoisotopic (exact) mass is 223 g/mol. The highest BCUT2D eigenvalue weighted by atomic mass is 35.5. The molecule has 2 atom stereocenters.